The van der Waals surface area contributed by atoms with Crippen LogP contribution in [0.2, 0.25) is 0 Å². The predicted octanol–water partition coefficient (Wildman–Crippen LogP) is 5.40. The van der Waals surface area contributed by atoms with E-state index >= 15 is 0 Å². The van der Waals surface area contributed by atoms with Gasteiger partial charge < -0.3 is 24.2 Å². The Labute approximate surface area is 230 Å². The van der Waals surface area contributed by atoms with E-state index in [1.807, 2.05) is 53.4 Å². The highest BCUT2D eigenvalue weighted by molar-refractivity contribution is 7.91. The van der Waals surface area contributed by atoms with Gasteiger partial charge in [0.2, 0.25) is 0 Å². The molecule has 0 bridgehead atoms. The van der Waals surface area contributed by atoms with Gasteiger partial charge in [-0.05, 0) is 67.3 Å². The van der Waals surface area contributed by atoms with Crippen LogP contribution in [0, 0.1) is 5.92 Å². The minimum atomic E-state index is -4.84. The van der Waals surface area contributed by atoms with E-state index in [0.717, 1.165) is 36.3 Å². The molecule has 40 heavy (non-hydrogen) atoms. The van der Waals surface area contributed by atoms with E-state index in [4.69, 9.17) is 9.47 Å². The maximum atomic E-state index is 14.3. The van der Waals surface area contributed by atoms with Gasteiger partial charge in [0.25, 0.3) is 0 Å². The average Bonchev–Trinajstić information content (AvgIpc) is 3.76. The molecule has 1 saturated carbocycles. The lowest BCUT2D eigenvalue weighted by Crippen LogP contribution is -2.60. The first kappa shape index (κ1) is 26.9. The quantitative estimate of drug-likeness (QED) is 0.392. The van der Waals surface area contributed by atoms with Crippen LogP contribution in [0.15, 0.2) is 82.1 Å². The molecule has 3 aromatic carbocycles. The third-order valence-electron chi connectivity index (χ3n) is 7.09. The van der Waals surface area contributed by atoms with Crippen LogP contribution in [0.5, 0.6) is 17.2 Å². The zero-order chi connectivity index (χ0) is 27.9. The number of halogens is 3. The standard InChI is InChI=1S/C28H28F3N3O5S/c29-28(30,31)39-19-11-13-20(14-12-19)40(36,32-15-18-9-10-18)33-21-16-37-17-24(27(21)35)34-22-5-1-3-7-25(22)38-26-8-4-2-6-23(26)34/h1-8,11-14,18,21,24,27,35H,9-10,15-17H2,(H,32,33,36)/t21-,24+,27-,40?/m0/s1. The molecule has 2 aliphatic heterocycles. The summed E-state index contributed by atoms with van der Waals surface area (Å²) in [6.45, 7) is 0.604. The topological polar surface area (TPSA) is 92.6 Å². The summed E-state index contributed by atoms with van der Waals surface area (Å²) in [4.78, 5) is 2.16. The number of nitrogens with zero attached hydrogens (tertiary/aromatic N) is 2. The molecule has 212 valence electrons. The van der Waals surface area contributed by atoms with Gasteiger partial charge in [-0.3, -0.25) is 0 Å². The summed E-state index contributed by atoms with van der Waals surface area (Å²) in [5.41, 5.74) is 1.52. The summed E-state index contributed by atoms with van der Waals surface area (Å²) >= 11 is 0. The van der Waals surface area contributed by atoms with Gasteiger partial charge in [-0.1, -0.05) is 24.3 Å². The lowest BCUT2D eigenvalue weighted by atomic mass is 9.98. The second kappa shape index (κ2) is 10.6. The van der Waals surface area contributed by atoms with E-state index < -0.39 is 40.2 Å². The second-order valence-electron chi connectivity index (χ2n) is 10.0. The number of benzene rings is 3. The molecule has 0 amide bonds. The van der Waals surface area contributed by atoms with Crippen LogP contribution >= 0.6 is 0 Å². The fourth-order valence-electron chi connectivity index (χ4n) is 4.92. The van der Waals surface area contributed by atoms with Gasteiger partial charge in [-0.15, -0.1) is 13.2 Å². The number of aliphatic hydroxyl groups excluding tert-OH is 1. The van der Waals surface area contributed by atoms with Crippen molar-refractivity contribution in [2.45, 2.75) is 42.3 Å². The van der Waals surface area contributed by atoms with Gasteiger partial charge in [0.05, 0.1) is 54.2 Å². The smallest absolute Gasteiger partial charge is 0.453 e. The van der Waals surface area contributed by atoms with E-state index in [1.165, 1.54) is 12.1 Å². The number of alkyl halides is 3. The van der Waals surface area contributed by atoms with Crippen LogP contribution in [0.4, 0.5) is 24.5 Å². The van der Waals surface area contributed by atoms with Crippen LogP contribution < -0.4 is 19.1 Å². The van der Waals surface area contributed by atoms with Crippen molar-refractivity contribution in [3.63, 3.8) is 0 Å². The number of hydrogen-bond donors (Lipinski definition) is 2. The number of nitrogens with one attached hydrogen (secondary N) is 1. The first-order valence-corrected chi connectivity index (χ1v) is 14.5. The number of ether oxygens (including phenoxy) is 3. The van der Waals surface area contributed by atoms with Crippen LogP contribution in [-0.2, 0) is 14.7 Å². The fourth-order valence-corrected chi connectivity index (χ4v) is 6.83. The van der Waals surface area contributed by atoms with Gasteiger partial charge in [-0.2, -0.15) is 0 Å². The molecule has 2 fully saturated rings. The van der Waals surface area contributed by atoms with Gasteiger partial charge in [0.15, 0.2) is 11.5 Å². The van der Waals surface area contributed by atoms with E-state index in [0.29, 0.717) is 24.0 Å². The van der Waals surface area contributed by atoms with Gasteiger partial charge >= 0.3 is 6.36 Å². The second-order valence-corrected chi connectivity index (χ2v) is 12.0. The van der Waals surface area contributed by atoms with E-state index in [2.05, 4.69) is 13.8 Å². The fraction of sp³-hybridized carbons (Fsp3) is 0.357. The number of anilines is 2. The lowest BCUT2D eigenvalue weighted by Gasteiger charge is -2.44. The van der Waals surface area contributed by atoms with Crippen molar-refractivity contribution in [3.05, 3.63) is 72.8 Å². The lowest BCUT2D eigenvalue weighted by molar-refractivity contribution is -0.274. The highest BCUT2D eigenvalue weighted by atomic mass is 32.2. The Balaban J connectivity index is 1.30. The first-order valence-electron chi connectivity index (χ1n) is 13.0. The SMILES string of the molecule is O=S(=NCC1CC1)(N[C@H]1COC[C@@H](N2c3ccccc3Oc3ccccc32)[C@H]1O)c1ccc(OC(F)(F)F)cc1. The Hall–Kier alpha value is -3.32. The van der Waals surface area contributed by atoms with E-state index in [-0.39, 0.29) is 18.1 Å². The summed E-state index contributed by atoms with van der Waals surface area (Å²) in [7, 11) is -3.34. The Kier molecular flexibility index (Phi) is 7.11. The summed E-state index contributed by atoms with van der Waals surface area (Å²) in [5, 5.41) is 11.7. The van der Waals surface area contributed by atoms with Crippen molar-refractivity contribution in [2.24, 2.45) is 10.3 Å². The van der Waals surface area contributed by atoms with E-state index in [1.54, 1.807) is 0 Å². The molecule has 3 aliphatic rings. The minimum absolute atomic E-state index is 0.0660. The van der Waals surface area contributed by atoms with Crippen LogP contribution in [0.3, 0.4) is 0 Å². The van der Waals surface area contributed by atoms with Crippen molar-refractivity contribution in [2.75, 3.05) is 24.7 Å². The van der Waals surface area contributed by atoms with Crippen LogP contribution in [0.25, 0.3) is 0 Å². The average molecular weight is 576 g/mol. The van der Waals surface area contributed by atoms with Gasteiger partial charge in [0, 0.05) is 0 Å². The van der Waals surface area contributed by atoms with E-state index in [9.17, 15) is 22.5 Å². The van der Waals surface area contributed by atoms with Crippen molar-refractivity contribution in [1.82, 2.24) is 4.72 Å². The van der Waals surface area contributed by atoms with Crippen molar-refractivity contribution < 1.29 is 36.7 Å². The zero-order valence-corrected chi connectivity index (χ0v) is 22.1. The first-order chi connectivity index (χ1) is 19.2. The molecular formula is C28H28F3N3O5S. The molecule has 3 aromatic rings. The van der Waals surface area contributed by atoms with Crippen LogP contribution in [-0.4, -0.2) is 53.6 Å². The molecule has 0 spiro atoms. The molecule has 6 rings (SSSR count). The Morgan fingerprint density at radius 1 is 0.975 bits per heavy atom. The van der Waals surface area contributed by atoms with Gasteiger partial charge in [0.1, 0.15) is 15.7 Å². The number of para-hydroxylation sites is 4. The Bertz CT molecular complexity index is 1440. The number of rotatable bonds is 7. The molecule has 1 aliphatic carbocycles. The summed E-state index contributed by atoms with van der Waals surface area (Å²) in [6.07, 6.45) is -3.93. The van der Waals surface area contributed by atoms with Crippen LogP contribution in [0.1, 0.15) is 12.8 Å². The molecule has 1 unspecified atom stereocenters. The molecule has 1 saturated heterocycles. The Morgan fingerprint density at radius 2 is 1.60 bits per heavy atom. The normalized spacial score (nSPS) is 23.8. The van der Waals surface area contributed by atoms with Crippen molar-refractivity contribution in [1.29, 1.82) is 0 Å². The molecule has 12 heteroatoms. The maximum Gasteiger partial charge on any atom is 0.573 e. The predicted molar refractivity (Wildman–Crippen MR) is 142 cm³/mol. The molecule has 2 heterocycles. The highest BCUT2D eigenvalue weighted by Crippen LogP contribution is 2.48. The summed E-state index contributed by atoms with van der Waals surface area (Å²) < 4.78 is 75.7. The third-order valence-corrected chi connectivity index (χ3v) is 9.14. The zero-order valence-electron chi connectivity index (χ0n) is 21.3. The molecule has 4 atom stereocenters. The number of aliphatic hydroxyl groups is 1. The summed E-state index contributed by atoms with van der Waals surface area (Å²) in [5.74, 6) is 1.16. The minimum Gasteiger partial charge on any atom is -0.453 e. The van der Waals surface area contributed by atoms with Gasteiger partial charge in [-0.25, -0.2) is 13.3 Å². The third kappa shape index (κ3) is 5.62. The molecule has 0 aromatic heterocycles. The molecule has 0 radical (unpaired) electrons. The van der Waals surface area contributed by atoms with Crippen molar-refractivity contribution >= 4 is 21.3 Å². The summed E-state index contributed by atoms with van der Waals surface area (Å²) in [6, 6.07) is 18.4. The number of hydrogen-bond acceptors (Lipinski definition) is 7. The Morgan fingerprint density at radius 3 is 2.20 bits per heavy atom. The molecule has 8 nitrogen and oxygen atoms in total. The monoisotopic (exact) mass is 575 g/mol. The number of fused-ring (bicyclic) bond motifs is 2. The maximum absolute atomic E-state index is 14.3. The largest absolute Gasteiger partial charge is 0.573 e. The molecule has 2 N–H and O–H groups in total. The van der Waals surface area contributed by atoms with Crippen molar-refractivity contribution in [3.8, 4) is 17.2 Å². The molecular weight excluding hydrogens is 547 g/mol. The highest BCUT2D eigenvalue weighted by Gasteiger charge is 2.42.